The zero-order valence-electron chi connectivity index (χ0n) is 13.0. The molecule has 2 N–H and O–H groups in total. The molecule has 0 atom stereocenters. The monoisotopic (exact) mass is 334 g/mol. The van der Waals surface area contributed by atoms with Gasteiger partial charge in [0.25, 0.3) is 11.8 Å². The quantitative estimate of drug-likeness (QED) is 0.786. The molecule has 8 heteroatoms. The van der Waals surface area contributed by atoms with Crippen molar-refractivity contribution in [2.24, 2.45) is 5.41 Å². The molecule has 0 bridgehead atoms. The third-order valence-corrected chi connectivity index (χ3v) is 4.58. The number of amides is 2. The molecule has 0 aromatic carbocycles. The minimum atomic E-state index is -1.04. The standard InChI is InChI=1S/C16H18N2O6/c19-11-4-5-12(20)17(11)10-16(8-2-1-3-9-16)15(23)24-18-13(21)6-7-14(18)22/h4-7,21-22H,1-3,8-10H2. The Kier molecular flexibility index (Phi) is 4.04. The summed E-state index contributed by atoms with van der Waals surface area (Å²) >= 11 is 0. The molecule has 1 aliphatic carbocycles. The third-order valence-electron chi connectivity index (χ3n) is 4.58. The Bertz CT molecular complexity index is 677. The van der Waals surface area contributed by atoms with E-state index < -0.39 is 35.0 Å². The number of rotatable bonds is 4. The zero-order valence-corrected chi connectivity index (χ0v) is 13.0. The first kappa shape index (κ1) is 16.1. The van der Waals surface area contributed by atoms with Crippen molar-refractivity contribution in [3.8, 4) is 11.8 Å². The molecule has 0 saturated heterocycles. The molecule has 1 fully saturated rings. The summed E-state index contributed by atoms with van der Waals surface area (Å²) in [7, 11) is 0. The number of aromatic nitrogens is 1. The fraction of sp³-hybridized carbons (Fsp3) is 0.438. The molecule has 3 rings (SSSR count). The number of imide groups is 1. The van der Waals surface area contributed by atoms with E-state index >= 15 is 0 Å². The van der Waals surface area contributed by atoms with Gasteiger partial charge in [-0.1, -0.05) is 19.3 Å². The van der Waals surface area contributed by atoms with Gasteiger partial charge in [0.2, 0.25) is 11.8 Å². The average molecular weight is 334 g/mol. The van der Waals surface area contributed by atoms with Crippen LogP contribution in [0.2, 0.25) is 0 Å². The Morgan fingerprint density at radius 1 is 1.04 bits per heavy atom. The van der Waals surface area contributed by atoms with E-state index in [9.17, 15) is 24.6 Å². The summed E-state index contributed by atoms with van der Waals surface area (Å²) in [6.07, 6.45) is 5.76. The highest BCUT2D eigenvalue weighted by molar-refractivity contribution is 6.13. The van der Waals surface area contributed by atoms with Gasteiger partial charge < -0.3 is 15.1 Å². The first-order valence-electron chi connectivity index (χ1n) is 7.79. The van der Waals surface area contributed by atoms with E-state index in [1.165, 1.54) is 24.3 Å². The second-order valence-electron chi connectivity index (χ2n) is 6.16. The van der Waals surface area contributed by atoms with E-state index in [1.54, 1.807) is 0 Å². The van der Waals surface area contributed by atoms with Gasteiger partial charge in [-0.05, 0) is 12.8 Å². The molecule has 128 valence electrons. The molecule has 2 aliphatic rings. The zero-order chi connectivity index (χ0) is 17.3. The maximum absolute atomic E-state index is 12.8. The van der Waals surface area contributed by atoms with Gasteiger partial charge in [-0.2, -0.15) is 0 Å². The van der Waals surface area contributed by atoms with Crippen LogP contribution in [-0.2, 0) is 14.4 Å². The number of hydrogen-bond acceptors (Lipinski definition) is 6. The molecule has 1 aliphatic heterocycles. The van der Waals surface area contributed by atoms with E-state index in [1.807, 2.05) is 0 Å². The molecule has 1 saturated carbocycles. The number of carbonyl (C=O) groups is 3. The molecule has 0 unspecified atom stereocenters. The second kappa shape index (κ2) is 6.03. The number of hydrogen-bond donors (Lipinski definition) is 2. The van der Waals surface area contributed by atoms with Crippen LogP contribution >= 0.6 is 0 Å². The Hall–Kier alpha value is -2.77. The molecular weight excluding hydrogens is 316 g/mol. The summed E-state index contributed by atoms with van der Waals surface area (Å²) in [4.78, 5) is 42.6. The highest BCUT2D eigenvalue weighted by atomic mass is 16.7. The molecule has 1 aromatic rings. The van der Waals surface area contributed by atoms with Crippen molar-refractivity contribution in [2.45, 2.75) is 32.1 Å². The lowest BCUT2D eigenvalue weighted by Crippen LogP contribution is -2.49. The van der Waals surface area contributed by atoms with Crippen LogP contribution in [0, 0.1) is 5.41 Å². The van der Waals surface area contributed by atoms with Crippen LogP contribution in [0.3, 0.4) is 0 Å². The molecule has 24 heavy (non-hydrogen) atoms. The maximum Gasteiger partial charge on any atom is 0.341 e. The molecule has 1 aromatic heterocycles. The lowest BCUT2D eigenvalue weighted by molar-refractivity contribution is -0.162. The van der Waals surface area contributed by atoms with Crippen molar-refractivity contribution in [1.82, 2.24) is 9.63 Å². The third kappa shape index (κ3) is 2.75. The smallest absolute Gasteiger partial charge is 0.341 e. The summed E-state index contributed by atoms with van der Waals surface area (Å²) in [5, 5.41) is 19.3. The van der Waals surface area contributed by atoms with Gasteiger partial charge in [0.15, 0.2) is 0 Å². The Balaban J connectivity index is 1.84. The van der Waals surface area contributed by atoms with Crippen LogP contribution in [0.15, 0.2) is 24.3 Å². The topological polar surface area (TPSA) is 109 Å². The Labute approximate surface area is 137 Å². The fourth-order valence-corrected chi connectivity index (χ4v) is 3.22. The van der Waals surface area contributed by atoms with E-state index in [0.29, 0.717) is 17.6 Å². The van der Waals surface area contributed by atoms with Crippen LogP contribution in [0.5, 0.6) is 11.8 Å². The van der Waals surface area contributed by atoms with Gasteiger partial charge in [-0.15, -0.1) is 4.73 Å². The van der Waals surface area contributed by atoms with Crippen molar-refractivity contribution in [3.63, 3.8) is 0 Å². The van der Waals surface area contributed by atoms with Crippen molar-refractivity contribution < 1.29 is 29.4 Å². The van der Waals surface area contributed by atoms with Gasteiger partial charge in [-0.25, -0.2) is 4.79 Å². The van der Waals surface area contributed by atoms with Crippen molar-refractivity contribution in [3.05, 3.63) is 24.3 Å². The van der Waals surface area contributed by atoms with Gasteiger partial charge in [0, 0.05) is 30.8 Å². The second-order valence-corrected chi connectivity index (χ2v) is 6.16. The van der Waals surface area contributed by atoms with Gasteiger partial charge in [0.1, 0.15) is 0 Å². The summed E-state index contributed by atoms with van der Waals surface area (Å²) in [5.74, 6) is -2.42. The minimum Gasteiger partial charge on any atom is -0.492 e. The van der Waals surface area contributed by atoms with Gasteiger partial charge >= 0.3 is 5.97 Å². The lowest BCUT2D eigenvalue weighted by Gasteiger charge is -2.36. The summed E-state index contributed by atoms with van der Waals surface area (Å²) in [6, 6.07) is 2.38. The van der Waals surface area contributed by atoms with Crippen molar-refractivity contribution in [1.29, 1.82) is 0 Å². The minimum absolute atomic E-state index is 0.0701. The highest BCUT2D eigenvalue weighted by Crippen LogP contribution is 2.39. The molecule has 2 heterocycles. The molecule has 0 radical (unpaired) electrons. The molecule has 8 nitrogen and oxygen atoms in total. The SMILES string of the molecule is O=C1C=CC(=O)N1CC1(C(=O)On2c(O)ccc2O)CCCCC1. The predicted octanol–water partition coefficient (Wildman–Crippen LogP) is 0.730. The maximum atomic E-state index is 12.8. The molecule has 0 spiro atoms. The number of aromatic hydroxyl groups is 2. The first-order chi connectivity index (χ1) is 11.4. The first-order valence-corrected chi connectivity index (χ1v) is 7.79. The van der Waals surface area contributed by atoms with Crippen LogP contribution < -0.4 is 4.84 Å². The largest absolute Gasteiger partial charge is 0.492 e. The van der Waals surface area contributed by atoms with Crippen LogP contribution in [0.25, 0.3) is 0 Å². The van der Waals surface area contributed by atoms with Crippen LogP contribution in [0.4, 0.5) is 0 Å². The van der Waals surface area contributed by atoms with Gasteiger partial charge in [-0.3, -0.25) is 14.5 Å². The van der Waals surface area contributed by atoms with Crippen LogP contribution in [0.1, 0.15) is 32.1 Å². The average Bonchev–Trinajstić information content (AvgIpc) is 3.05. The van der Waals surface area contributed by atoms with E-state index in [-0.39, 0.29) is 6.54 Å². The van der Waals surface area contributed by atoms with Crippen molar-refractivity contribution >= 4 is 17.8 Å². The lowest BCUT2D eigenvalue weighted by atomic mass is 9.73. The van der Waals surface area contributed by atoms with E-state index in [0.717, 1.165) is 24.2 Å². The molecular formula is C16H18N2O6. The van der Waals surface area contributed by atoms with Crippen LogP contribution in [-0.4, -0.2) is 44.2 Å². The molecule has 2 amide bonds. The summed E-state index contributed by atoms with van der Waals surface area (Å²) < 4.78 is 0.630. The van der Waals surface area contributed by atoms with Gasteiger partial charge in [0.05, 0.1) is 5.41 Å². The predicted molar refractivity (Wildman–Crippen MR) is 80.7 cm³/mol. The summed E-state index contributed by atoms with van der Waals surface area (Å²) in [6.45, 7) is -0.0701. The normalized spacial score (nSPS) is 19.8. The summed E-state index contributed by atoms with van der Waals surface area (Å²) in [5.41, 5.74) is -1.04. The Morgan fingerprint density at radius 3 is 2.12 bits per heavy atom. The van der Waals surface area contributed by atoms with E-state index in [2.05, 4.69) is 0 Å². The number of carbonyl (C=O) groups excluding carboxylic acids is 3. The number of nitrogens with zero attached hydrogens (tertiary/aromatic N) is 2. The Morgan fingerprint density at radius 2 is 1.58 bits per heavy atom. The fourth-order valence-electron chi connectivity index (χ4n) is 3.22. The van der Waals surface area contributed by atoms with Crippen molar-refractivity contribution in [2.75, 3.05) is 6.54 Å². The highest BCUT2D eigenvalue weighted by Gasteiger charge is 2.46. The van der Waals surface area contributed by atoms with E-state index in [4.69, 9.17) is 4.84 Å².